The summed E-state index contributed by atoms with van der Waals surface area (Å²) >= 11 is 6.62. The van der Waals surface area contributed by atoms with Crippen LogP contribution in [0, 0.1) is 6.07 Å². The molecule has 3 N–H and O–H groups in total. The molecule has 14 heavy (non-hydrogen) atoms. The van der Waals surface area contributed by atoms with Crippen molar-refractivity contribution in [1.82, 2.24) is 4.98 Å². The molecule has 1 aromatic heterocycles. The zero-order chi connectivity index (χ0) is 10.3. The fraction of sp³-hybridized carbons (Fsp3) is 0. The number of nitrogens with one attached hydrogen (secondary N) is 1. The van der Waals surface area contributed by atoms with E-state index >= 15 is 0 Å². The molecule has 0 aliphatic heterocycles. The molecule has 2 aromatic rings. The van der Waals surface area contributed by atoms with E-state index in [0.29, 0.717) is 14.5 Å². The maximum atomic E-state index is 11.1. The molecular weight excluding hydrogens is 312 g/mol. The predicted molar refractivity (Wildman–Crippen MR) is 61.1 cm³/mol. The molecule has 0 aliphatic rings. The number of rotatable bonds is 1. The molecule has 0 bridgehead atoms. The Morgan fingerprint density at radius 1 is 1.50 bits per heavy atom. The van der Waals surface area contributed by atoms with Gasteiger partial charge >= 0.3 is 0 Å². The summed E-state index contributed by atoms with van der Waals surface area (Å²) in [6, 6.07) is 4.78. The molecule has 0 atom stereocenters. The van der Waals surface area contributed by atoms with Crippen LogP contribution in [0.3, 0.4) is 0 Å². The van der Waals surface area contributed by atoms with Crippen LogP contribution in [0.1, 0.15) is 10.4 Å². The molecule has 1 aromatic carbocycles. The lowest BCUT2D eigenvalue weighted by Crippen LogP contribution is -2.12. The first-order valence-corrected chi connectivity index (χ1v) is 5.36. The highest BCUT2D eigenvalue weighted by Gasteiger charge is 2.14. The van der Waals surface area contributed by atoms with E-state index in [0.717, 1.165) is 10.9 Å². The van der Waals surface area contributed by atoms with Crippen molar-refractivity contribution >= 4 is 48.7 Å². The summed E-state index contributed by atoms with van der Waals surface area (Å²) in [4.78, 5) is 14.1. The Morgan fingerprint density at radius 3 is 2.86 bits per heavy atom. The van der Waals surface area contributed by atoms with Crippen LogP contribution in [0.25, 0.3) is 10.9 Å². The summed E-state index contributed by atoms with van der Waals surface area (Å²) in [5, 5.41) is 0.821. The van der Waals surface area contributed by atoms with Crippen molar-refractivity contribution in [1.29, 1.82) is 0 Å². The van der Waals surface area contributed by atoms with E-state index in [1.807, 2.05) is 0 Å². The second-order valence-electron chi connectivity index (χ2n) is 2.77. The van der Waals surface area contributed by atoms with E-state index in [4.69, 9.17) is 5.73 Å². The van der Waals surface area contributed by atoms with Crippen LogP contribution in [0.5, 0.6) is 0 Å². The summed E-state index contributed by atoms with van der Waals surface area (Å²) in [6.45, 7) is 0. The third-order valence-electron chi connectivity index (χ3n) is 1.91. The van der Waals surface area contributed by atoms with E-state index in [9.17, 15) is 4.79 Å². The monoisotopic (exact) mass is 315 g/mol. The van der Waals surface area contributed by atoms with Gasteiger partial charge in [-0.15, -0.1) is 0 Å². The molecule has 71 valence electrons. The summed E-state index contributed by atoms with van der Waals surface area (Å²) < 4.78 is 1.33. The molecule has 0 saturated heterocycles. The van der Waals surface area contributed by atoms with Crippen LogP contribution in [0.4, 0.5) is 0 Å². The van der Waals surface area contributed by atoms with Crippen molar-refractivity contribution in [2.75, 3.05) is 0 Å². The predicted octanol–water partition coefficient (Wildman–Crippen LogP) is 2.59. The van der Waals surface area contributed by atoms with Crippen LogP contribution in [-0.4, -0.2) is 10.9 Å². The molecule has 2 rings (SSSR count). The second-order valence-corrected chi connectivity index (χ2v) is 4.41. The van der Waals surface area contributed by atoms with Crippen molar-refractivity contribution in [3.63, 3.8) is 0 Å². The number of amides is 1. The summed E-state index contributed by atoms with van der Waals surface area (Å²) in [5.74, 6) is -0.472. The van der Waals surface area contributed by atoms with E-state index in [-0.39, 0.29) is 0 Å². The van der Waals surface area contributed by atoms with Gasteiger partial charge in [0.1, 0.15) is 0 Å². The molecule has 0 fully saturated rings. The number of carbonyl (C=O) groups is 1. The lowest BCUT2D eigenvalue weighted by molar-refractivity contribution is 0.0999. The Kier molecular flexibility index (Phi) is 2.36. The molecule has 5 heteroatoms. The minimum absolute atomic E-state index is 0.438. The molecule has 0 spiro atoms. The number of carbonyl (C=O) groups excluding carboxylic acids is 1. The maximum absolute atomic E-state index is 11.1. The lowest BCUT2D eigenvalue weighted by Gasteiger charge is -2.04. The number of aromatic amines is 1. The molecule has 1 radical (unpaired) electrons. The Bertz CT molecular complexity index is 519. The van der Waals surface area contributed by atoms with Gasteiger partial charge in [0, 0.05) is 32.1 Å². The number of benzene rings is 1. The topological polar surface area (TPSA) is 58.9 Å². The third-order valence-corrected chi connectivity index (χ3v) is 3.33. The van der Waals surface area contributed by atoms with Crippen LogP contribution in [0.15, 0.2) is 21.2 Å². The minimum Gasteiger partial charge on any atom is -0.366 e. The van der Waals surface area contributed by atoms with Gasteiger partial charge in [-0.25, -0.2) is 0 Å². The van der Waals surface area contributed by atoms with E-state index in [2.05, 4.69) is 42.9 Å². The van der Waals surface area contributed by atoms with E-state index in [1.165, 1.54) is 0 Å². The molecule has 3 nitrogen and oxygen atoms in total. The van der Waals surface area contributed by atoms with Crippen LogP contribution in [0.2, 0.25) is 0 Å². The highest BCUT2D eigenvalue weighted by molar-refractivity contribution is 9.11. The van der Waals surface area contributed by atoms with Crippen LogP contribution >= 0.6 is 31.9 Å². The summed E-state index contributed by atoms with van der Waals surface area (Å²) in [6.07, 6.45) is 1.69. The zero-order valence-electron chi connectivity index (χ0n) is 6.90. The Hall–Kier alpha value is -0.810. The first kappa shape index (κ1) is 9.73. The fourth-order valence-corrected chi connectivity index (χ4v) is 2.91. The average Bonchev–Trinajstić information content (AvgIpc) is 2.50. The SMILES string of the molecule is NC(=O)c1c(Br)cc2[nH]c[c]c2c1Br. The first-order valence-electron chi connectivity index (χ1n) is 3.78. The third kappa shape index (κ3) is 1.36. The number of H-pyrrole nitrogens is 1. The largest absolute Gasteiger partial charge is 0.366 e. The van der Waals surface area contributed by atoms with Gasteiger partial charge in [-0.1, -0.05) is 0 Å². The highest BCUT2D eigenvalue weighted by Crippen LogP contribution is 2.32. The van der Waals surface area contributed by atoms with Crippen LogP contribution < -0.4 is 5.73 Å². The van der Waals surface area contributed by atoms with Gasteiger partial charge in [0.05, 0.1) is 5.56 Å². The van der Waals surface area contributed by atoms with Gasteiger partial charge in [0.15, 0.2) is 0 Å². The van der Waals surface area contributed by atoms with Gasteiger partial charge in [-0.05, 0) is 37.9 Å². The lowest BCUT2D eigenvalue weighted by atomic mass is 10.1. The Labute approximate surface area is 96.9 Å². The second kappa shape index (κ2) is 3.40. The molecule has 1 amide bonds. The highest BCUT2D eigenvalue weighted by atomic mass is 79.9. The van der Waals surface area contributed by atoms with Gasteiger partial charge in [-0.3, -0.25) is 4.79 Å². The Balaban J connectivity index is 2.89. The van der Waals surface area contributed by atoms with Crippen molar-refractivity contribution < 1.29 is 4.79 Å². The normalized spacial score (nSPS) is 10.7. The van der Waals surface area contributed by atoms with Gasteiger partial charge in [-0.2, -0.15) is 0 Å². The fourth-order valence-electron chi connectivity index (χ4n) is 1.29. The number of hydrogen-bond donors (Lipinski definition) is 2. The summed E-state index contributed by atoms with van der Waals surface area (Å²) in [7, 11) is 0. The standard InChI is InChI=1S/C9H5Br2N2O/c10-5-3-6-4(1-2-13-6)8(11)7(5)9(12)14/h2-3,13H,(H2,12,14). The maximum Gasteiger partial charge on any atom is 0.251 e. The first-order chi connectivity index (χ1) is 6.61. The molecular formula is C9H5Br2N2O. The van der Waals surface area contributed by atoms with Crippen LogP contribution in [-0.2, 0) is 0 Å². The zero-order valence-corrected chi connectivity index (χ0v) is 10.1. The van der Waals surface area contributed by atoms with E-state index in [1.54, 1.807) is 12.3 Å². The molecule has 0 aliphatic carbocycles. The molecule has 0 saturated carbocycles. The number of aromatic nitrogens is 1. The Morgan fingerprint density at radius 2 is 2.21 bits per heavy atom. The van der Waals surface area contributed by atoms with Crippen molar-refractivity contribution in [3.05, 3.63) is 32.8 Å². The number of nitrogens with two attached hydrogens (primary N) is 1. The average molecular weight is 317 g/mol. The van der Waals surface area contributed by atoms with E-state index < -0.39 is 5.91 Å². The van der Waals surface area contributed by atoms with Gasteiger partial charge < -0.3 is 10.7 Å². The van der Waals surface area contributed by atoms with Gasteiger partial charge in [0.25, 0.3) is 5.91 Å². The van der Waals surface area contributed by atoms with Crippen molar-refractivity contribution in [3.8, 4) is 0 Å². The number of halogens is 2. The number of primary amides is 1. The van der Waals surface area contributed by atoms with Crippen molar-refractivity contribution in [2.45, 2.75) is 0 Å². The molecule has 1 heterocycles. The summed E-state index contributed by atoms with van der Waals surface area (Å²) in [5.41, 5.74) is 6.59. The molecule has 0 unspecified atom stereocenters. The van der Waals surface area contributed by atoms with Gasteiger partial charge in [0.2, 0.25) is 0 Å². The minimum atomic E-state index is -0.472. The quantitative estimate of drug-likeness (QED) is 0.834. The number of fused-ring (bicyclic) bond motifs is 1. The van der Waals surface area contributed by atoms with Crippen molar-refractivity contribution in [2.24, 2.45) is 5.73 Å². The smallest absolute Gasteiger partial charge is 0.251 e. The number of hydrogen-bond acceptors (Lipinski definition) is 1.